The van der Waals surface area contributed by atoms with Gasteiger partial charge in [0, 0.05) is 18.1 Å². The summed E-state index contributed by atoms with van der Waals surface area (Å²) in [5.41, 5.74) is 10.6. The molecule has 10 rings (SSSR count). The third-order valence-corrected chi connectivity index (χ3v) is 10.4. The lowest BCUT2D eigenvalue weighted by Gasteiger charge is -2.21. The minimum atomic E-state index is -0.304. The van der Waals surface area contributed by atoms with Crippen LogP contribution in [-0.2, 0) is 9.53 Å². The SMILES string of the molecule is CC(=O)OCC(c1ccccc1)n1c(C)nc2cc(-c3nc4ccccc4o3)ccc21.Cc1nc2cc(-c3nc4ccccc4o3)ccc2n1C(CO)c1ccccc1. The predicted molar refractivity (Wildman–Crippen MR) is 228 cm³/mol. The van der Waals surface area contributed by atoms with Gasteiger partial charge in [0.05, 0.1) is 40.8 Å². The predicted octanol–water partition coefficient (Wildman–Crippen LogP) is 10.0. The van der Waals surface area contributed by atoms with E-state index in [-0.39, 0.29) is 31.3 Å². The number of carbonyl (C=O) groups excluding carboxylic acids is 1. The minimum absolute atomic E-state index is 0.00317. The number of fused-ring (bicyclic) bond motifs is 4. The molecule has 2 atom stereocenters. The van der Waals surface area contributed by atoms with E-state index in [1.54, 1.807) is 0 Å². The number of hydrogen-bond acceptors (Lipinski definition) is 9. The number of aliphatic hydroxyl groups excluding tert-OH is 1. The van der Waals surface area contributed by atoms with E-state index in [0.29, 0.717) is 11.8 Å². The summed E-state index contributed by atoms with van der Waals surface area (Å²) in [5.74, 6) is 2.53. The summed E-state index contributed by atoms with van der Waals surface area (Å²) in [6.07, 6.45) is 0. The Bertz CT molecular complexity index is 3010. The quantitative estimate of drug-likeness (QED) is 0.142. The summed E-state index contributed by atoms with van der Waals surface area (Å²) in [6, 6.07) is 47.1. The number of benzene rings is 6. The lowest BCUT2D eigenvalue weighted by Crippen LogP contribution is -2.19. The number of hydrogen-bond donors (Lipinski definition) is 1. The summed E-state index contributed by atoms with van der Waals surface area (Å²) >= 11 is 0. The first-order valence-corrected chi connectivity index (χ1v) is 19.4. The van der Waals surface area contributed by atoms with Gasteiger partial charge in [0.25, 0.3) is 0 Å². The summed E-state index contributed by atoms with van der Waals surface area (Å²) in [5, 5.41) is 10.1. The molecule has 6 aromatic carbocycles. The average molecular weight is 781 g/mol. The van der Waals surface area contributed by atoms with Crippen molar-refractivity contribution >= 4 is 50.2 Å². The second kappa shape index (κ2) is 15.9. The van der Waals surface area contributed by atoms with Crippen LogP contribution in [0.25, 0.3) is 67.2 Å². The van der Waals surface area contributed by atoms with Gasteiger partial charge in [-0.1, -0.05) is 84.9 Å². The van der Waals surface area contributed by atoms with Crippen molar-refractivity contribution in [2.75, 3.05) is 13.2 Å². The molecule has 0 amide bonds. The molecule has 1 N–H and O–H groups in total. The molecule has 0 aliphatic carbocycles. The molecule has 0 saturated carbocycles. The van der Waals surface area contributed by atoms with Crippen molar-refractivity contribution in [1.29, 1.82) is 0 Å². The molecular weight excluding hydrogens is 741 g/mol. The molecule has 0 fully saturated rings. The zero-order valence-corrected chi connectivity index (χ0v) is 32.7. The van der Waals surface area contributed by atoms with Crippen molar-refractivity contribution in [2.45, 2.75) is 32.9 Å². The third-order valence-electron chi connectivity index (χ3n) is 10.4. The van der Waals surface area contributed by atoms with Crippen LogP contribution < -0.4 is 0 Å². The van der Waals surface area contributed by atoms with E-state index in [4.69, 9.17) is 23.5 Å². The Hall–Kier alpha value is -7.37. The number of aliphatic hydroxyl groups is 1. The van der Waals surface area contributed by atoms with Crippen LogP contribution in [0.5, 0.6) is 0 Å². The summed E-state index contributed by atoms with van der Waals surface area (Å²) in [6.45, 7) is 5.59. The maximum Gasteiger partial charge on any atom is 0.302 e. The zero-order chi connectivity index (χ0) is 40.5. The second-order valence-corrected chi connectivity index (χ2v) is 14.3. The van der Waals surface area contributed by atoms with E-state index < -0.39 is 0 Å². The van der Waals surface area contributed by atoms with Crippen LogP contribution in [0, 0.1) is 13.8 Å². The van der Waals surface area contributed by atoms with E-state index in [1.807, 2.05) is 159 Å². The molecule has 59 heavy (non-hydrogen) atoms. The Kier molecular flexibility index (Phi) is 10.0. The lowest BCUT2D eigenvalue weighted by atomic mass is 10.1. The van der Waals surface area contributed by atoms with Gasteiger partial charge in [0.15, 0.2) is 11.2 Å². The first-order valence-electron chi connectivity index (χ1n) is 19.4. The number of esters is 1. The molecule has 0 spiro atoms. The molecule has 11 nitrogen and oxygen atoms in total. The largest absolute Gasteiger partial charge is 0.463 e. The smallest absolute Gasteiger partial charge is 0.302 e. The van der Waals surface area contributed by atoms with Gasteiger partial charge in [0.1, 0.15) is 29.3 Å². The molecular formula is C48H40N6O5. The number of carbonyl (C=O) groups is 1. The van der Waals surface area contributed by atoms with Gasteiger partial charge in [-0.15, -0.1) is 0 Å². The van der Waals surface area contributed by atoms with E-state index in [2.05, 4.69) is 19.1 Å². The minimum Gasteiger partial charge on any atom is -0.463 e. The van der Waals surface area contributed by atoms with Gasteiger partial charge in [-0.2, -0.15) is 0 Å². The van der Waals surface area contributed by atoms with Crippen LogP contribution in [-0.4, -0.2) is 53.4 Å². The highest BCUT2D eigenvalue weighted by Gasteiger charge is 2.22. The highest BCUT2D eigenvalue weighted by molar-refractivity contribution is 5.85. The first-order chi connectivity index (χ1) is 28.8. The van der Waals surface area contributed by atoms with Crippen molar-refractivity contribution in [3.8, 4) is 22.9 Å². The molecule has 0 radical (unpaired) electrons. The molecule has 4 heterocycles. The topological polar surface area (TPSA) is 134 Å². The molecule has 11 heteroatoms. The van der Waals surface area contributed by atoms with E-state index >= 15 is 0 Å². The number of aromatic nitrogens is 6. The van der Waals surface area contributed by atoms with Gasteiger partial charge in [-0.25, -0.2) is 19.9 Å². The zero-order valence-electron chi connectivity index (χ0n) is 32.7. The van der Waals surface area contributed by atoms with Crippen LogP contribution in [0.4, 0.5) is 0 Å². The maximum atomic E-state index is 11.5. The van der Waals surface area contributed by atoms with Crippen molar-refractivity contribution in [3.05, 3.63) is 168 Å². The number of ether oxygens (including phenoxy) is 1. The van der Waals surface area contributed by atoms with Gasteiger partial charge in [0.2, 0.25) is 11.8 Å². The Morgan fingerprint density at radius 1 is 0.576 bits per heavy atom. The van der Waals surface area contributed by atoms with Crippen LogP contribution in [0.15, 0.2) is 154 Å². The molecule has 0 aliphatic heterocycles. The van der Waals surface area contributed by atoms with Crippen LogP contribution in [0.2, 0.25) is 0 Å². The number of rotatable bonds is 9. The van der Waals surface area contributed by atoms with Gasteiger partial charge < -0.3 is 27.8 Å². The molecule has 292 valence electrons. The van der Waals surface area contributed by atoms with Crippen molar-refractivity contribution in [3.63, 3.8) is 0 Å². The van der Waals surface area contributed by atoms with Crippen LogP contribution in [0.1, 0.15) is 41.8 Å². The monoisotopic (exact) mass is 780 g/mol. The highest BCUT2D eigenvalue weighted by Crippen LogP contribution is 2.33. The Labute approximate surface area is 339 Å². The number of oxazole rings is 2. The molecule has 0 saturated heterocycles. The van der Waals surface area contributed by atoms with E-state index in [0.717, 1.165) is 78.2 Å². The Morgan fingerprint density at radius 2 is 1.02 bits per heavy atom. The fraction of sp³-hybridized carbons (Fsp3) is 0.146. The standard InChI is InChI=1S/C25H21N3O3.C23H19N3O2/c1-16-26-21-14-19(25-27-20-10-6-7-11-24(20)31-25)12-13-22(21)28(16)23(15-30-17(2)29)18-8-4-3-5-9-18;1-15-24-19-13-17(23-25-18-9-5-6-10-22(18)28-23)11-12-20(19)26(15)21(14-27)16-7-3-2-4-8-16/h3-14,23H,15H2,1-2H3;2-13,21,27H,14H2,1H3. The normalized spacial score (nSPS) is 12.5. The Morgan fingerprint density at radius 3 is 1.47 bits per heavy atom. The van der Waals surface area contributed by atoms with Crippen molar-refractivity contribution in [2.24, 2.45) is 0 Å². The fourth-order valence-electron chi connectivity index (χ4n) is 7.69. The summed E-state index contributed by atoms with van der Waals surface area (Å²) in [7, 11) is 0. The molecule has 0 bridgehead atoms. The van der Waals surface area contributed by atoms with E-state index in [9.17, 15) is 9.90 Å². The molecule has 10 aromatic rings. The highest BCUT2D eigenvalue weighted by atomic mass is 16.5. The van der Waals surface area contributed by atoms with Gasteiger partial charge in [-0.3, -0.25) is 4.79 Å². The van der Waals surface area contributed by atoms with Gasteiger partial charge in [-0.05, 0) is 85.6 Å². The first kappa shape index (κ1) is 37.2. The third kappa shape index (κ3) is 7.35. The average Bonchev–Trinajstić information content (AvgIpc) is 4.04. The van der Waals surface area contributed by atoms with Gasteiger partial charge >= 0.3 is 5.97 Å². The van der Waals surface area contributed by atoms with Crippen molar-refractivity contribution < 1.29 is 23.5 Å². The molecule has 4 aromatic heterocycles. The van der Waals surface area contributed by atoms with Crippen LogP contribution in [0.3, 0.4) is 0 Å². The number of para-hydroxylation sites is 4. The summed E-state index contributed by atoms with van der Waals surface area (Å²) in [4.78, 5) is 30.2. The summed E-state index contributed by atoms with van der Waals surface area (Å²) < 4.78 is 21.4. The van der Waals surface area contributed by atoms with Crippen LogP contribution >= 0.6 is 0 Å². The lowest BCUT2D eigenvalue weighted by molar-refractivity contribution is -0.141. The molecule has 2 unspecified atom stereocenters. The second-order valence-electron chi connectivity index (χ2n) is 14.3. The van der Waals surface area contributed by atoms with Crippen molar-refractivity contribution in [1.82, 2.24) is 29.1 Å². The number of aryl methyl sites for hydroxylation is 2. The number of nitrogens with zero attached hydrogens (tertiary/aromatic N) is 6. The Balaban J connectivity index is 0.000000153. The fourth-order valence-corrected chi connectivity index (χ4v) is 7.69. The van der Waals surface area contributed by atoms with E-state index in [1.165, 1.54) is 6.92 Å². The maximum absolute atomic E-state index is 11.5. The molecule has 0 aliphatic rings. The number of imidazole rings is 2.